The van der Waals surface area contributed by atoms with Gasteiger partial charge in [0.15, 0.2) is 0 Å². The number of hydrogen-bond acceptors (Lipinski definition) is 1. The van der Waals surface area contributed by atoms with Crippen LogP contribution in [-0.4, -0.2) is 10.9 Å². The van der Waals surface area contributed by atoms with Gasteiger partial charge in [0.25, 0.3) is 0 Å². The highest BCUT2D eigenvalue weighted by molar-refractivity contribution is 5.35. The highest BCUT2D eigenvalue weighted by Crippen LogP contribution is 2.18. The minimum Gasteiger partial charge on any atom is -0.348 e. The van der Waals surface area contributed by atoms with Crippen molar-refractivity contribution in [3.05, 3.63) is 85.3 Å². The second-order valence-corrected chi connectivity index (χ2v) is 4.07. The van der Waals surface area contributed by atoms with Gasteiger partial charge in [0.1, 0.15) is 0 Å². The van der Waals surface area contributed by atoms with Gasteiger partial charge in [-0.2, -0.15) is 0 Å². The molecule has 0 saturated heterocycles. The molecule has 1 aliphatic heterocycles. The minimum absolute atomic E-state index is 0.327. The molecule has 17 heavy (non-hydrogen) atoms. The normalized spacial score (nSPS) is 18.7. The maximum absolute atomic E-state index is 3.85. The maximum Gasteiger partial charge on any atom is 0.0559 e. The van der Waals surface area contributed by atoms with Gasteiger partial charge in [0.2, 0.25) is 0 Å². The Hall–Kier alpha value is -2.02. The second-order valence-electron chi connectivity index (χ2n) is 4.07. The van der Waals surface area contributed by atoms with Gasteiger partial charge in [-0.3, -0.25) is 0 Å². The fourth-order valence-electron chi connectivity index (χ4n) is 2.00. The Balaban J connectivity index is 2.17. The molecule has 2 rings (SSSR count). The average molecular weight is 223 g/mol. The molecule has 1 aliphatic rings. The summed E-state index contributed by atoms with van der Waals surface area (Å²) in [6.07, 6.45) is 11.1. The first kappa shape index (κ1) is 11.5. The highest BCUT2D eigenvalue weighted by atomic mass is 15.1. The quantitative estimate of drug-likeness (QED) is 0.752. The van der Waals surface area contributed by atoms with Crippen LogP contribution in [0.3, 0.4) is 0 Å². The first-order valence-corrected chi connectivity index (χ1v) is 5.80. The molecule has 0 bridgehead atoms. The van der Waals surface area contributed by atoms with Crippen molar-refractivity contribution in [2.24, 2.45) is 0 Å². The van der Waals surface area contributed by atoms with E-state index in [0.717, 1.165) is 6.42 Å². The summed E-state index contributed by atoms with van der Waals surface area (Å²) in [5.41, 5.74) is 2.50. The monoisotopic (exact) mass is 223 g/mol. The first-order chi connectivity index (χ1) is 8.33. The van der Waals surface area contributed by atoms with E-state index in [-0.39, 0.29) is 0 Å². The molecule has 1 atom stereocenters. The van der Waals surface area contributed by atoms with Gasteiger partial charge in [0, 0.05) is 6.20 Å². The van der Waals surface area contributed by atoms with Crippen molar-refractivity contribution < 1.29 is 0 Å². The molecule has 0 amide bonds. The topological polar surface area (TPSA) is 3.24 Å². The minimum atomic E-state index is 0.327. The molecule has 0 N–H and O–H groups in total. The summed E-state index contributed by atoms with van der Waals surface area (Å²) in [4.78, 5) is 2.12. The van der Waals surface area contributed by atoms with E-state index in [1.807, 2.05) is 18.3 Å². The predicted molar refractivity (Wildman–Crippen MR) is 73.4 cm³/mol. The zero-order valence-corrected chi connectivity index (χ0v) is 9.92. The fraction of sp³-hybridized carbons (Fsp3) is 0.125. The number of allylic oxidation sites excluding steroid dienone is 3. The van der Waals surface area contributed by atoms with Gasteiger partial charge in [-0.05, 0) is 29.8 Å². The highest BCUT2D eigenvalue weighted by Gasteiger charge is 2.14. The Morgan fingerprint density at radius 3 is 2.59 bits per heavy atom. The summed E-state index contributed by atoms with van der Waals surface area (Å²) >= 11 is 0. The van der Waals surface area contributed by atoms with Gasteiger partial charge in [-0.25, -0.2) is 0 Å². The van der Waals surface area contributed by atoms with E-state index in [4.69, 9.17) is 0 Å². The molecule has 0 aliphatic carbocycles. The fourth-order valence-corrected chi connectivity index (χ4v) is 2.00. The van der Waals surface area contributed by atoms with E-state index in [2.05, 4.69) is 60.7 Å². The smallest absolute Gasteiger partial charge is 0.0559 e. The van der Waals surface area contributed by atoms with Gasteiger partial charge < -0.3 is 4.90 Å². The van der Waals surface area contributed by atoms with E-state index >= 15 is 0 Å². The van der Waals surface area contributed by atoms with Crippen LogP contribution in [0.15, 0.2) is 79.7 Å². The summed E-state index contributed by atoms with van der Waals surface area (Å²) in [6, 6.07) is 10.8. The van der Waals surface area contributed by atoms with Crippen LogP contribution in [-0.2, 0) is 6.42 Å². The Kier molecular flexibility index (Phi) is 3.61. The Labute approximate surface area is 103 Å². The molecule has 0 spiro atoms. The van der Waals surface area contributed by atoms with Crippen LogP contribution in [0.25, 0.3) is 0 Å². The van der Waals surface area contributed by atoms with E-state index in [1.165, 1.54) is 11.1 Å². The van der Waals surface area contributed by atoms with Gasteiger partial charge in [-0.1, -0.05) is 55.6 Å². The van der Waals surface area contributed by atoms with Crippen molar-refractivity contribution in [1.82, 2.24) is 4.90 Å². The van der Waals surface area contributed by atoms with Crippen LogP contribution >= 0.6 is 0 Å². The Bertz CT molecular complexity index is 454. The Morgan fingerprint density at radius 2 is 1.94 bits per heavy atom. The van der Waals surface area contributed by atoms with Crippen molar-refractivity contribution >= 4 is 0 Å². The lowest BCUT2D eigenvalue weighted by molar-refractivity contribution is 0.417. The standard InChI is InChI=1S/C16H17N/c1-3-14-10-11-17(4-2)16(12-14)13-15-8-6-5-7-9-15/h3-12,16H,1-2,13H2. The van der Waals surface area contributed by atoms with Crippen LogP contribution in [0.5, 0.6) is 0 Å². The van der Waals surface area contributed by atoms with Gasteiger partial charge in [0.05, 0.1) is 6.04 Å². The molecule has 1 heteroatoms. The number of rotatable bonds is 4. The van der Waals surface area contributed by atoms with Crippen LogP contribution in [0.2, 0.25) is 0 Å². The van der Waals surface area contributed by atoms with Crippen LogP contribution < -0.4 is 0 Å². The molecule has 0 radical (unpaired) electrons. The zero-order chi connectivity index (χ0) is 12.1. The molecule has 1 heterocycles. The van der Waals surface area contributed by atoms with Crippen molar-refractivity contribution in [1.29, 1.82) is 0 Å². The predicted octanol–water partition coefficient (Wildman–Crippen LogP) is 3.68. The van der Waals surface area contributed by atoms with Crippen LogP contribution in [0, 0.1) is 0 Å². The lowest BCUT2D eigenvalue weighted by Crippen LogP contribution is -2.28. The molecular formula is C16H17N. The zero-order valence-electron chi connectivity index (χ0n) is 9.92. The summed E-state index contributed by atoms with van der Waals surface area (Å²) in [5.74, 6) is 0. The third kappa shape index (κ3) is 2.76. The average Bonchev–Trinajstić information content (AvgIpc) is 2.40. The maximum atomic E-state index is 3.85. The molecular weight excluding hydrogens is 206 g/mol. The number of nitrogens with zero attached hydrogens (tertiary/aromatic N) is 1. The second kappa shape index (κ2) is 5.35. The largest absolute Gasteiger partial charge is 0.348 e. The summed E-state index contributed by atoms with van der Waals surface area (Å²) in [7, 11) is 0. The van der Waals surface area contributed by atoms with Crippen molar-refractivity contribution in [2.45, 2.75) is 12.5 Å². The number of hydrogen-bond donors (Lipinski definition) is 0. The molecule has 0 aromatic heterocycles. The lowest BCUT2D eigenvalue weighted by Gasteiger charge is -2.28. The van der Waals surface area contributed by atoms with Crippen molar-refractivity contribution in [3.8, 4) is 0 Å². The van der Waals surface area contributed by atoms with E-state index < -0.39 is 0 Å². The van der Waals surface area contributed by atoms with Crippen LogP contribution in [0.1, 0.15) is 5.56 Å². The first-order valence-electron chi connectivity index (χ1n) is 5.80. The molecule has 1 unspecified atom stereocenters. The van der Waals surface area contributed by atoms with E-state index in [9.17, 15) is 0 Å². The SMILES string of the molecule is C=CC1=CC(Cc2ccccc2)N(C=C)C=C1. The van der Waals surface area contributed by atoms with Crippen LogP contribution in [0.4, 0.5) is 0 Å². The van der Waals surface area contributed by atoms with Crippen molar-refractivity contribution in [2.75, 3.05) is 0 Å². The summed E-state index contributed by atoms with van der Waals surface area (Å²) < 4.78 is 0. The molecule has 86 valence electrons. The molecule has 0 fully saturated rings. The van der Waals surface area contributed by atoms with E-state index in [1.54, 1.807) is 0 Å². The molecule has 1 aromatic carbocycles. The summed E-state index contributed by atoms with van der Waals surface area (Å²) in [6.45, 7) is 7.66. The van der Waals surface area contributed by atoms with Gasteiger partial charge in [-0.15, -0.1) is 0 Å². The molecule has 1 aromatic rings. The molecule has 0 saturated carbocycles. The van der Waals surface area contributed by atoms with E-state index in [0.29, 0.717) is 6.04 Å². The third-order valence-electron chi connectivity index (χ3n) is 2.94. The van der Waals surface area contributed by atoms with Gasteiger partial charge >= 0.3 is 0 Å². The number of benzene rings is 1. The van der Waals surface area contributed by atoms with Crippen molar-refractivity contribution in [3.63, 3.8) is 0 Å². The summed E-state index contributed by atoms with van der Waals surface area (Å²) in [5, 5.41) is 0. The molecule has 1 nitrogen and oxygen atoms in total. The lowest BCUT2D eigenvalue weighted by atomic mass is 10.00. The third-order valence-corrected chi connectivity index (χ3v) is 2.94. The Morgan fingerprint density at radius 1 is 1.18 bits per heavy atom.